The van der Waals surface area contributed by atoms with E-state index in [4.69, 9.17) is 4.74 Å². The van der Waals surface area contributed by atoms with Gasteiger partial charge in [-0.1, -0.05) is 20.8 Å². The van der Waals surface area contributed by atoms with E-state index in [9.17, 15) is 15.0 Å². The van der Waals surface area contributed by atoms with Crippen LogP contribution in [0.3, 0.4) is 0 Å². The Morgan fingerprint density at radius 3 is 2.45 bits per heavy atom. The lowest BCUT2D eigenvalue weighted by Crippen LogP contribution is -2.58. The second-order valence-corrected chi connectivity index (χ2v) is 11.5. The Kier molecular flexibility index (Phi) is 5.83. The fourth-order valence-electron chi connectivity index (χ4n) is 8.82. The minimum Gasteiger partial charge on any atom is -0.469 e. The van der Waals surface area contributed by atoms with Crippen LogP contribution in [-0.4, -0.2) is 35.5 Å². The molecule has 5 unspecified atom stereocenters. The second-order valence-electron chi connectivity index (χ2n) is 11.5. The van der Waals surface area contributed by atoms with Crippen LogP contribution in [0.1, 0.15) is 85.0 Å². The standard InChI is InChI=1S/C25H42O4/c1-15(5-8-22(28)29-4)18-6-7-19-23-20(10-12-25(18,19)3)24(2)11-9-17(26)13-16(24)14-21(23)27/h15-21,23,26-27H,5-14H2,1-4H3/t15-,16+,17-,18?,19?,20?,21?,23?,24+,25-/m1/s1. The molecule has 0 aromatic carbocycles. The molecule has 0 aliphatic heterocycles. The first-order chi connectivity index (χ1) is 13.7. The van der Waals surface area contributed by atoms with Gasteiger partial charge in [0, 0.05) is 6.42 Å². The molecule has 2 N–H and O–H groups in total. The average Bonchev–Trinajstić information content (AvgIpc) is 3.04. The van der Waals surface area contributed by atoms with E-state index in [0.717, 1.165) is 32.1 Å². The van der Waals surface area contributed by atoms with Crippen molar-refractivity contribution in [1.29, 1.82) is 0 Å². The molecule has 0 spiro atoms. The van der Waals surface area contributed by atoms with Crippen molar-refractivity contribution >= 4 is 5.97 Å². The Labute approximate surface area is 176 Å². The van der Waals surface area contributed by atoms with Crippen LogP contribution in [-0.2, 0) is 9.53 Å². The van der Waals surface area contributed by atoms with Crippen LogP contribution >= 0.6 is 0 Å². The van der Waals surface area contributed by atoms with Gasteiger partial charge in [-0.2, -0.15) is 0 Å². The molecule has 0 radical (unpaired) electrons. The van der Waals surface area contributed by atoms with Crippen molar-refractivity contribution in [2.75, 3.05) is 7.11 Å². The monoisotopic (exact) mass is 406 g/mol. The van der Waals surface area contributed by atoms with E-state index in [0.29, 0.717) is 47.3 Å². The smallest absolute Gasteiger partial charge is 0.305 e. The molecule has 0 aromatic rings. The van der Waals surface area contributed by atoms with Crippen LogP contribution in [0.4, 0.5) is 0 Å². The van der Waals surface area contributed by atoms with Crippen LogP contribution in [0.15, 0.2) is 0 Å². The number of aliphatic hydroxyl groups excluding tert-OH is 2. The molecule has 0 amide bonds. The summed E-state index contributed by atoms with van der Waals surface area (Å²) in [4.78, 5) is 11.6. The van der Waals surface area contributed by atoms with Crippen LogP contribution in [0.25, 0.3) is 0 Å². The van der Waals surface area contributed by atoms with Crippen molar-refractivity contribution in [2.45, 2.75) is 97.2 Å². The number of methoxy groups -OCH3 is 1. The Bertz CT molecular complexity index is 620. The summed E-state index contributed by atoms with van der Waals surface area (Å²) in [6.45, 7) is 7.29. The molecular formula is C25H42O4. The fourth-order valence-corrected chi connectivity index (χ4v) is 8.82. The normalized spacial score (nSPS) is 50.2. The SMILES string of the molecule is COC(=O)CC[C@@H](C)C1CCC2C3C(O)C[C@@H]4C[C@H](O)CC[C@]4(C)C3CC[C@@]21C. The van der Waals surface area contributed by atoms with Gasteiger partial charge in [0.1, 0.15) is 0 Å². The molecule has 4 nitrogen and oxygen atoms in total. The van der Waals surface area contributed by atoms with E-state index in [2.05, 4.69) is 20.8 Å². The lowest BCUT2D eigenvalue weighted by atomic mass is 9.43. The maximum Gasteiger partial charge on any atom is 0.305 e. The van der Waals surface area contributed by atoms with E-state index in [-0.39, 0.29) is 23.6 Å². The number of rotatable bonds is 4. The summed E-state index contributed by atoms with van der Waals surface area (Å²) in [5.74, 6) is 3.17. The highest BCUT2D eigenvalue weighted by atomic mass is 16.5. The van der Waals surface area contributed by atoms with Crippen molar-refractivity contribution in [3.63, 3.8) is 0 Å². The van der Waals surface area contributed by atoms with Gasteiger partial charge in [-0.3, -0.25) is 4.79 Å². The molecule has 10 atom stereocenters. The minimum absolute atomic E-state index is 0.0959. The molecule has 4 rings (SSSR count). The Balaban J connectivity index is 1.53. The fraction of sp³-hybridized carbons (Fsp3) is 0.960. The first-order valence-corrected chi connectivity index (χ1v) is 12.1. The molecule has 4 saturated carbocycles. The van der Waals surface area contributed by atoms with Gasteiger partial charge in [-0.25, -0.2) is 0 Å². The molecule has 4 aliphatic rings. The quantitative estimate of drug-likeness (QED) is 0.671. The van der Waals surface area contributed by atoms with E-state index < -0.39 is 0 Å². The number of esters is 1. The number of aliphatic hydroxyl groups is 2. The van der Waals surface area contributed by atoms with E-state index in [1.54, 1.807) is 0 Å². The maximum atomic E-state index is 11.6. The summed E-state index contributed by atoms with van der Waals surface area (Å²) in [5.41, 5.74) is 0.577. The average molecular weight is 407 g/mol. The van der Waals surface area contributed by atoms with Gasteiger partial charge < -0.3 is 14.9 Å². The summed E-state index contributed by atoms with van der Waals surface area (Å²) in [6.07, 6.45) is 9.80. The van der Waals surface area contributed by atoms with Gasteiger partial charge in [-0.05, 0) is 104 Å². The zero-order valence-corrected chi connectivity index (χ0v) is 18.9. The van der Waals surface area contributed by atoms with Crippen LogP contribution in [0.2, 0.25) is 0 Å². The van der Waals surface area contributed by atoms with E-state index in [1.165, 1.54) is 32.8 Å². The summed E-state index contributed by atoms with van der Waals surface area (Å²) in [6, 6.07) is 0. The minimum atomic E-state index is -0.211. The highest BCUT2D eigenvalue weighted by Gasteiger charge is 2.62. The Morgan fingerprint density at radius 2 is 1.72 bits per heavy atom. The molecule has 166 valence electrons. The first-order valence-electron chi connectivity index (χ1n) is 12.1. The number of hydrogen-bond acceptors (Lipinski definition) is 4. The van der Waals surface area contributed by atoms with Crippen LogP contribution < -0.4 is 0 Å². The number of ether oxygens (including phenoxy) is 1. The lowest BCUT2D eigenvalue weighted by molar-refractivity contribution is -0.174. The Hall–Kier alpha value is -0.610. The van der Waals surface area contributed by atoms with Gasteiger partial charge in [0.2, 0.25) is 0 Å². The highest BCUT2D eigenvalue weighted by molar-refractivity contribution is 5.69. The van der Waals surface area contributed by atoms with Crippen molar-refractivity contribution in [3.05, 3.63) is 0 Å². The molecule has 29 heavy (non-hydrogen) atoms. The van der Waals surface area contributed by atoms with Crippen molar-refractivity contribution in [1.82, 2.24) is 0 Å². The second kappa shape index (κ2) is 7.82. The first kappa shape index (κ1) is 21.6. The van der Waals surface area contributed by atoms with E-state index in [1.807, 2.05) is 0 Å². The number of carbonyl (C=O) groups excluding carboxylic acids is 1. The third-order valence-corrected chi connectivity index (χ3v) is 10.4. The van der Waals surface area contributed by atoms with Crippen LogP contribution in [0, 0.1) is 46.3 Å². The highest BCUT2D eigenvalue weighted by Crippen LogP contribution is 2.68. The number of fused-ring (bicyclic) bond motifs is 5. The largest absolute Gasteiger partial charge is 0.469 e. The van der Waals surface area contributed by atoms with Crippen LogP contribution in [0.5, 0.6) is 0 Å². The molecule has 0 heterocycles. The molecular weight excluding hydrogens is 364 g/mol. The molecule has 0 bridgehead atoms. The van der Waals surface area contributed by atoms with Gasteiger partial charge in [0.15, 0.2) is 0 Å². The molecule has 4 heteroatoms. The van der Waals surface area contributed by atoms with Crippen molar-refractivity contribution < 1.29 is 19.7 Å². The lowest BCUT2D eigenvalue weighted by Gasteiger charge is -2.62. The third kappa shape index (κ3) is 3.46. The molecule has 0 aromatic heterocycles. The summed E-state index contributed by atoms with van der Waals surface area (Å²) in [5, 5.41) is 21.5. The van der Waals surface area contributed by atoms with Crippen molar-refractivity contribution in [3.8, 4) is 0 Å². The Morgan fingerprint density at radius 1 is 1.03 bits per heavy atom. The molecule has 0 saturated heterocycles. The number of hydrogen-bond donors (Lipinski definition) is 2. The molecule has 4 aliphatic carbocycles. The summed E-state index contributed by atoms with van der Waals surface area (Å²) < 4.78 is 4.86. The predicted octanol–water partition coefficient (Wildman–Crippen LogP) is 4.57. The van der Waals surface area contributed by atoms with E-state index >= 15 is 0 Å². The van der Waals surface area contributed by atoms with Gasteiger partial charge in [0.25, 0.3) is 0 Å². The predicted molar refractivity (Wildman–Crippen MR) is 113 cm³/mol. The molecule has 4 fully saturated rings. The summed E-state index contributed by atoms with van der Waals surface area (Å²) >= 11 is 0. The van der Waals surface area contributed by atoms with Crippen molar-refractivity contribution in [2.24, 2.45) is 46.3 Å². The summed E-state index contributed by atoms with van der Waals surface area (Å²) in [7, 11) is 1.48. The maximum absolute atomic E-state index is 11.6. The topological polar surface area (TPSA) is 66.8 Å². The zero-order chi connectivity index (χ0) is 21.0. The van der Waals surface area contributed by atoms with Gasteiger partial charge in [0.05, 0.1) is 19.3 Å². The van der Waals surface area contributed by atoms with Gasteiger partial charge in [-0.15, -0.1) is 0 Å². The third-order valence-electron chi connectivity index (χ3n) is 10.4. The zero-order valence-electron chi connectivity index (χ0n) is 18.9. The van der Waals surface area contributed by atoms with Gasteiger partial charge >= 0.3 is 5.97 Å². The number of carbonyl (C=O) groups is 1.